The minimum absolute atomic E-state index is 0.262. The van der Waals surface area contributed by atoms with E-state index in [4.69, 9.17) is 0 Å². The van der Waals surface area contributed by atoms with Crippen molar-refractivity contribution in [1.82, 2.24) is 20.1 Å². The van der Waals surface area contributed by atoms with Crippen LogP contribution in [0.3, 0.4) is 0 Å². The summed E-state index contributed by atoms with van der Waals surface area (Å²) in [6.45, 7) is 6.94. The molecule has 120 valence electrons. The molecule has 2 rings (SSSR count). The molecule has 1 N–H and O–H groups in total. The monoisotopic (exact) mass is 314 g/mol. The van der Waals surface area contributed by atoms with Gasteiger partial charge in [-0.2, -0.15) is 0 Å². The molecule has 0 fully saturated rings. The fourth-order valence-corrected chi connectivity index (χ4v) is 3.44. The topological polar surface area (TPSA) is 76.9 Å². The second-order valence-electron chi connectivity index (χ2n) is 6.33. The molecule has 0 spiro atoms. The maximum atomic E-state index is 11.1. The zero-order valence-corrected chi connectivity index (χ0v) is 14.0. The normalized spacial score (nSPS) is 19.0. The van der Waals surface area contributed by atoms with Gasteiger partial charge < -0.3 is 9.88 Å². The molecule has 1 aliphatic rings. The molecule has 2 heterocycles. The van der Waals surface area contributed by atoms with Crippen LogP contribution in [0.25, 0.3) is 0 Å². The summed E-state index contributed by atoms with van der Waals surface area (Å²) in [7, 11) is -2.84. The fourth-order valence-electron chi connectivity index (χ4n) is 2.78. The first kappa shape index (κ1) is 16.4. The number of rotatable bonds is 7. The highest BCUT2D eigenvalue weighted by atomic mass is 32.2. The molecule has 0 amide bonds. The second-order valence-corrected chi connectivity index (χ2v) is 8.59. The van der Waals surface area contributed by atoms with Gasteiger partial charge in [0.25, 0.3) is 0 Å². The molecule has 1 unspecified atom stereocenters. The Morgan fingerprint density at radius 2 is 2.14 bits per heavy atom. The molecule has 1 aromatic rings. The number of aromatic nitrogens is 3. The van der Waals surface area contributed by atoms with E-state index in [-0.39, 0.29) is 5.75 Å². The van der Waals surface area contributed by atoms with Crippen molar-refractivity contribution in [3.63, 3.8) is 0 Å². The van der Waals surface area contributed by atoms with Gasteiger partial charge in [-0.25, -0.2) is 8.42 Å². The highest BCUT2D eigenvalue weighted by molar-refractivity contribution is 7.90. The Balaban J connectivity index is 1.78. The van der Waals surface area contributed by atoms with Crippen LogP contribution < -0.4 is 5.32 Å². The van der Waals surface area contributed by atoms with E-state index in [0.717, 1.165) is 44.1 Å². The molecule has 0 aromatic carbocycles. The number of nitrogens with one attached hydrogen (secondary N) is 1. The van der Waals surface area contributed by atoms with Crippen LogP contribution in [0.4, 0.5) is 0 Å². The maximum absolute atomic E-state index is 11.1. The first-order chi connectivity index (χ1) is 9.87. The van der Waals surface area contributed by atoms with Crippen molar-refractivity contribution in [3.05, 3.63) is 11.6 Å². The van der Waals surface area contributed by atoms with Crippen LogP contribution in [-0.4, -0.2) is 48.3 Å². The second kappa shape index (κ2) is 6.87. The predicted octanol–water partition coefficient (Wildman–Crippen LogP) is 0.988. The summed E-state index contributed by atoms with van der Waals surface area (Å²) in [5.41, 5.74) is 0. The third-order valence-electron chi connectivity index (χ3n) is 3.89. The third kappa shape index (κ3) is 4.78. The van der Waals surface area contributed by atoms with Crippen LogP contribution in [0.5, 0.6) is 0 Å². The van der Waals surface area contributed by atoms with Gasteiger partial charge in [-0.3, -0.25) is 0 Å². The van der Waals surface area contributed by atoms with Gasteiger partial charge in [0.1, 0.15) is 21.5 Å². The van der Waals surface area contributed by atoms with Crippen molar-refractivity contribution in [2.75, 3.05) is 25.1 Å². The number of hydrogen-bond acceptors (Lipinski definition) is 5. The zero-order chi connectivity index (χ0) is 15.5. The van der Waals surface area contributed by atoms with Crippen LogP contribution in [0.15, 0.2) is 0 Å². The van der Waals surface area contributed by atoms with Crippen molar-refractivity contribution < 1.29 is 8.42 Å². The zero-order valence-electron chi connectivity index (χ0n) is 13.2. The summed E-state index contributed by atoms with van der Waals surface area (Å²) in [5, 5.41) is 12.0. The van der Waals surface area contributed by atoms with Gasteiger partial charge in [0.05, 0.1) is 5.75 Å². The van der Waals surface area contributed by atoms with Gasteiger partial charge in [-0.05, 0) is 31.8 Å². The highest BCUT2D eigenvalue weighted by Crippen LogP contribution is 2.22. The number of aryl methyl sites for hydroxylation is 1. The summed E-state index contributed by atoms with van der Waals surface area (Å²) >= 11 is 0. The minimum Gasteiger partial charge on any atom is -0.316 e. The molecule has 7 heteroatoms. The van der Waals surface area contributed by atoms with E-state index >= 15 is 0 Å². The number of nitrogens with zero attached hydrogens (tertiary/aromatic N) is 3. The molecule has 1 atom stereocenters. The van der Waals surface area contributed by atoms with E-state index < -0.39 is 9.84 Å². The quantitative estimate of drug-likeness (QED) is 0.760. The van der Waals surface area contributed by atoms with Gasteiger partial charge >= 0.3 is 0 Å². The van der Waals surface area contributed by atoms with E-state index in [1.165, 1.54) is 6.26 Å². The number of hydrogen-bond donors (Lipinski definition) is 1. The Hall–Kier alpha value is -0.950. The molecule has 0 saturated heterocycles. The molecular weight excluding hydrogens is 288 g/mol. The lowest BCUT2D eigenvalue weighted by Crippen LogP contribution is -2.31. The van der Waals surface area contributed by atoms with E-state index in [1.54, 1.807) is 0 Å². The van der Waals surface area contributed by atoms with E-state index in [1.807, 2.05) is 0 Å². The summed E-state index contributed by atoms with van der Waals surface area (Å²) in [6, 6.07) is 0. The minimum atomic E-state index is -2.84. The lowest BCUT2D eigenvalue weighted by Gasteiger charge is -2.25. The van der Waals surface area contributed by atoms with Crippen molar-refractivity contribution in [2.24, 2.45) is 5.92 Å². The smallest absolute Gasteiger partial charge is 0.147 e. The Bertz CT molecular complexity index is 566. The molecule has 1 aliphatic heterocycles. The SMILES string of the molecule is CC(C)c1nnc2n1CC(CNCCCS(C)(=O)=O)CC2. The number of fused-ring (bicyclic) bond motifs is 1. The van der Waals surface area contributed by atoms with Crippen LogP contribution in [0, 0.1) is 5.92 Å². The largest absolute Gasteiger partial charge is 0.316 e. The van der Waals surface area contributed by atoms with Gasteiger partial charge in [-0.1, -0.05) is 13.8 Å². The van der Waals surface area contributed by atoms with E-state index in [0.29, 0.717) is 18.3 Å². The fraction of sp³-hybridized carbons (Fsp3) is 0.857. The average Bonchev–Trinajstić information content (AvgIpc) is 2.80. The van der Waals surface area contributed by atoms with E-state index in [9.17, 15) is 8.42 Å². The van der Waals surface area contributed by atoms with Crippen molar-refractivity contribution >= 4 is 9.84 Å². The molecule has 6 nitrogen and oxygen atoms in total. The lowest BCUT2D eigenvalue weighted by atomic mass is 9.98. The molecular formula is C14H26N4O2S. The Morgan fingerprint density at radius 1 is 1.38 bits per heavy atom. The predicted molar refractivity (Wildman–Crippen MR) is 83.1 cm³/mol. The summed E-state index contributed by atoms with van der Waals surface area (Å²) in [5.74, 6) is 3.41. The number of sulfone groups is 1. The highest BCUT2D eigenvalue weighted by Gasteiger charge is 2.23. The Kier molecular flexibility index (Phi) is 5.37. The van der Waals surface area contributed by atoms with Crippen LogP contribution in [0.2, 0.25) is 0 Å². The van der Waals surface area contributed by atoms with Crippen molar-refractivity contribution in [2.45, 2.75) is 45.6 Å². The molecule has 0 radical (unpaired) electrons. The van der Waals surface area contributed by atoms with Crippen LogP contribution >= 0.6 is 0 Å². The van der Waals surface area contributed by atoms with Gasteiger partial charge in [0.15, 0.2) is 0 Å². The van der Waals surface area contributed by atoms with Crippen LogP contribution in [0.1, 0.15) is 44.3 Å². The first-order valence-electron chi connectivity index (χ1n) is 7.67. The molecule has 0 bridgehead atoms. The molecule has 1 aromatic heterocycles. The van der Waals surface area contributed by atoms with E-state index in [2.05, 4.69) is 33.9 Å². The average molecular weight is 314 g/mol. The summed E-state index contributed by atoms with van der Waals surface area (Å²) < 4.78 is 24.4. The van der Waals surface area contributed by atoms with Crippen LogP contribution in [-0.2, 0) is 22.8 Å². The maximum Gasteiger partial charge on any atom is 0.147 e. The van der Waals surface area contributed by atoms with Gasteiger partial charge in [0, 0.05) is 25.1 Å². The Labute approximate surface area is 127 Å². The molecule has 21 heavy (non-hydrogen) atoms. The summed E-state index contributed by atoms with van der Waals surface area (Å²) in [6.07, 6.45) is 4.07. The van der Waals surface area contributed by atoms with Gasteiger partial charge in [0.2, 0.25) is 0 Å². The van der Waals surface area contributed by atoms with Crippen molar-refractivity contribution in [1.29, 1.82) is 0 Å². The van der Waals surface area contributed by atoms with Gasteiger partial charge in [-0.15, -0.1) is 10.2 Å². The third-order valence-corrected chi connectivity index (χ3v) is 4.92. The first-order valence-corrected chi connectivity index (χ1v) is 9.73. The molecule has 0 aliphatic carbocycles. The van der Waals surface area contributed by atoms with Crippen molar-refractivity contribution in [3.8, 4) is 0 Å². The summed E-state index contributed by atoms with van der Waals surface area (Å²) in [4.78, 5) is 0. The Morgan fingerprint density at radius 3 is 2.81 bits per heavy atom. The standard InChI is InChI=1S/C14H26N4O2S/c1-11(2)14-17-16-13-6-5-12(10-18(13)14)9-15-7-4-8-21(3,19)20/h11-12,15H,4-10H2,1-3H3. The molecule has 0 saturated carbocycles. The lowest BCUT2D eigenvalue weighted by molar-refractivity contribution is 0.341.